The predicted molar refractivity (Wildman–Crippen MR) is 381 cm³/mol. The largest absolute Gasteiger partial charge is 0.354 e. The Hall–Kier alpha value is -7.52. The lowest BCUT2D eigenvalue weighted by atomic mass is 9.78. The van der Waals surface area contributed by atoms with Crippen LogP contribution in [0.2, 0.25) is 0 Å². The van der Waals surface area contributed by atoms with Gasteiger partial charge in [0.1, 0.15) is 36.3 Å². The van der Waals surface area contributed by atoms with Gasteiger partial charge in [-0.15, -0.1) is 0 Å². The van der Waals surface area contributed by atoms with Crippen molar-refractivity contribution in [2.75, 3.05) is 40.3 Å². The number of nitrogens with zero attached hydrogens (tertiary/aromatic N) is 2. The van der Waals surface area contributed by atoms with E-state index in [4.69, 9.17) is 0 Å². The number of rotatable bonds is 36. The van der Waals surface area contributed by atoms with Gasteiger partial charge in [-0.3, -0.25) is 38.4 Å². The molecule has 20 nitrogen and oxygen atoms in total. The summed E-state index contributed by atoms with van der Waals surface area (Å²) in [6, 6.07) is 22.8. The van der Waals surface area contributed by atoms with Crippen LogP contribution < -0.4 is 53.2 Å². The molecule has 4 saturated heterocycles. The quantitative estimate of drug-likeness (QED) is 0.0201. The second-order valence-electron chi connectivity index (χ2n) is 27.6. The molecule has 0 spiro atoms. The molecule has 8 amide bonds. The van der Waals surface area contributed by atoms with E-state index in [1.807, 2.05) is 124 Å². The second kappa shape index (κ2) is 39.2. The molecule has 1 aliphatic carbocycles. The molecule has 10 N–H and O–H groups in total. The Morgan fingerprint density at radius 3 is 1.40 bits per heavy atom. The van der Waals surface area contributed by atoms with Gasteiger partial charge in [0.05, 0.1) is 12.1 Å². The van der Waals surface area contributed by atoms with Crippen molar-refractivity contribution in [1.29, 1.82) is 0 Å². The first-order valence-electron chi connectivity index (χ1n) is 36.4. The SMILES string of the molecule is C=C(/C=C\C=C/C)[C@H](NC(=O)[C@@H]1CC[C@@H]2CC[C@H](CNCc3ccccc3)[C@H](NC(=O)[C@H](CC)NC)C(=O)N21)C(=O)NCCCCC1CCC(CCCCNC(=O)[C@@H](NC(=O)[C@@H]2CC[C@@H]3CC[C@H](CNCc4ccccc4)[C@H](NC(=O)[C@H](CC)NC)C(=O)N32)c2ccccc2)CC1. The number of benzene rings is 3. The van der Waals surface area contributed by atoms with E-state index in [1.165, 1.54) is 0 Å². The van der Waals surface area contributed by atoms with E-state index >= 15 is 0 Å². The van der Waals surface area contributed by atoms with Crippen molar-refractivity contribution in [3.63, 3.8) is 0 Å². The van der Waals surface area contributed by atoms with Crippen molar-refractivity contribution in [3.05, 3.63) is 144 Å². The Labute approximate surface area is 576 Å². The van der Waals surface area contributed by atoms with Crippen molar-refractivity contribution in [1.82, 2.24) is 63.0 Å². The van der Waals surface area contributed by atoms with Crippen LogP contribution in [-0.2, 0) is 51.4 Å². The zero-order chi connectivity index (χ0) is 69.1. The molecule has 0 unspecified atom stereocenters. The van der Waals surface area contributed by atoms with Gasteiger partial charge in [-0.05, 0) is 132 Å². The third kappa shape index (κ3) is 21.5. The standard InChI is InChI=1S/C77H112N12O8/c1-7-10-14-25-52(4)66(84-72(92)64-44-42-60-40-38-58(50-80-48-55-28-15-11-16-29-55)68(76(96)88(60)64)86-70(90)62(8-2)78-5)74(94)82-46-23-21-26-53-34-36-54(37-35-53)27-22-24-47-83-75(95)67(57-32-19-13-20-33-57)85-73(93)65-45-43-61-41-39-59(51-81-49-56-30-17-12-18-31-56)69(77(97)89(61)65)87-71(91)63(9-3)79-6/h7,10-20,25,28-33,53-54,58-69,78-81H,4,8-9,21-24,26-27,34-51H2,1-3,5-6H3,(H,82,94)(H,83,95)(H,84,92)(H,85,93)(H,86,90)(H,87,91)/b10-7-,25-14-/t53?,54?,58-,59-,60+,61+,62+,63+,64+,65+,66+,67+,68+,69+/m1/s1. The van der Waals surface area contributed by atoms with Gasteiger partial charge in [-0.2, -0.15) is 0 Å². The van der Waals surface area contributed by atoms with E-state index in [-0.39, 0.29) is 65.3 Å². The number of carbonyl (C=O) groups excluding carboxylic acids is 8. The van der Waals surface area contributed by atoms with Crippen LogP contribution in [0, 0.1) is 23.7 Å². The maximum Gasteiger partial charge on any atom is 0.247 e. The number of likely N-dealkylation sites (N-methyl/N-ethyl adjacent to an activating group) is 2. The van der Waals surface area contributed by atoms with Crippen molar-refractivity contribution >= 4 is 47.3 Å². The lowest BCUT2D eigenvalue weighted by Crippen LogP contribution is -2.60. The van der Waals surface area contributed by atoms with Gasteiger partial charge < -0.3 is 63.0 Å². The molecule has 3 aromatic carbocycles. The Morgan fingerprint density at radius 1 is 0.526 bits per heavy atom. The van der Waals surface area contributed by atoms with Crippen LogP contribution in [0.1, 0.15) is 172 Å². The topological polar surface area (TPSA) is 263 Å². The van der Waals surface area contributed by atoms with Gasteiger partial charge in [0, 0.05) is 63.2 Å². The third-order valence-corrected chi connectivity index (χ3v) is 21.1. The number of hydrogen-bond donors (Lipinski definition) is 10. The molecule has 8 rings (SSSR count). The van der Waals surface area contributed by atoms with E-state index in [1.54, 1.807) is 36.0 Å². The molecule has 0 radical (unpaired) electrons. The van der Waals surface area contributed by atoms with Crippen LogP contribution in [0.3, 0.4) is 0 Å². The van der Waals surface area contributed by atoms with Crippen LogP contribution in [0.4, 0.5) is 0 Å². The van der Waals surface area contributed by atoms with Crippen molar-refractivity contribution in [2.24, 2.45) is 23.7 Å². The summed E-state index contributed by atoms with van der Waals surface area (Å²) >= 11 is 0. The minimum Gasteiger partial charge on any atom is -0.354 e. The molecule has 5 fully saturated rings. The van der Waals surface area contributed by atoms with E-state index in [0.717, 1.165) is 75.3 Å². The van der Waals surface area contributed by atoms with Crippen LogP contribution >= 0.6 is 0 Å². The summed E-state index contributed by atoms with van der Waals surface area (Å²) in [7, 11) is 3.47. The summed E-state index contributed by atoms with van der Waals surface area (Å²) in [4.78, 5) is 117. The molecule has 0 aromatic heterocycles. The Kier molecular flexibility index (Phi) is 30.4. The minimum absolute atomic E-state index is 0.162. The molecule has 4 aliphatic heterocycles. The first kappa shape index (κ1) is 75.3. The van der Waals surface area contributed by atoms with E-state index < -0.39 is 54.2 Å². The number of amides is 8. The highest BCUT2D eigenvalue weighted by Gasteiger charge is 2.50. The zero-order valence-electron chi connectivity index (χ0n) is 58.3. The van der Waals surface area contributed by atoms with Gasteiger partial charge in [0.2, 0.25) is 47.3 Å². The number of unbranched alkanes of at least 4 members (excludes halogenated alkanes) is 2. The summed E-state index contributed by atoms with van der Waals surface area (Å²) in [5.74, 6) is -1.65. The van der Waals surface area contributed by atoms with Gasteiger partial charge >= 0.3 is 0 Å². The normalized spacial score (nSPS) is 24.6. The maximum absolute atomic E-state index is 14.8. The van der Waals surface area contributed by atoms with Gasteiger partial charge in [-0.1, -0.05) is 187 Å². The third-order valence-electron chi connectivity index (χ3n) is 21.1. The molecular formula is C77H112N12O8. The van der Waals surface area contributed by atoms with Crippen LogP contribution in [0.5, 0.6) is 0 Å². The van der Waals surface area contributed by atoms with E-state index in [0.29, 0.717) is 126 Å². The Morgan fingerprint density at radius 2 is 0.959 bits per heavy atom. The molecule has 12 atom stereocenters. The maximum atomic E-state index is 14.8. The number of nitrogens with one attached hydrogen (secondary N) is 10. The fourth-order valence-corrected chi connectivity index (χ4v) is 15.4. The fraction of sp³-hybridized carbons (Fsp3) is 0.584. The summed E-state index contributed by atoms with van der Waals surface area (Å²) in [5.41, 5.74) is 3.32. The Balaban J connectivity index is 0.768. The molecule has 0 bridgehead atoms. The summed E-state index contributed by atoms with van der Waals surface area (Å²) < 4.78 is 0. The summed E-state index contributed by atoms with van der Waals surface area (Å²) in [6.07, 6.45) is 23.5. The summed E-state index contributed by atoms with van der Waals surface area (Å²) in [5, 5.41) is 31.7. The first-order chi connectivity index (χ1) is 47.2. The highest BCUT2D eigenvalue weighted by Crippen LogP contribution is 2.38. The minimum atomic E-state index is -1.06. The number of fused-ring (bicyclic) bond motifs is 2. The van der Waals surface area contributed by atoms with Crippen molar-refractivity contribution in [3.8, 4) is 0 Å². The highest BCUT2D eigenvalue weighted by molar-refractivity contribution is 5.98. The molecule has 20 heteroatoms. The van der Waals surface area contributed by atoms with Gasteiger partial charge in [0.25, 0.3) is 0 Å². The first-order valence-corrected chi connectivity index (χ1v) is 36.4. The molecule has 97 heavy (non-hydrogen) atoms. The van der Waals surface area contributed by atoms with Gasteiger partial charge in [-0.25, -0.2) is 0 Å². The average Bonchev–Trinajstić information content (AvgIpc) is 1.65. The van der Waals surface area contributed by atoms with Gasteiger partial charge in [0.15, 0.2) is 0 Å². The smallest absolute Gasteiger partial charge is 0.247 e. The van der Waals surface area contributed by atoms with E-state index in [2.05, 4.69) is 59.7 Å². The molecule has 3 aromatic rings. The second-order valence-corrected chi connectivity index (χ2v) is 27.6. The van der Waals surface area contributed by atoms with Crippen LogP contribution in [-0.4, -0.2) is 152 Å². The lowest BCUT2D eigenvalue weighted by Gasteiger charge is -2.33. The highest BCUT2D eigenvalue weighted by atomic mass is 16.2. The molecule has 1 saturated carbocycles. The van der Waals surface area contributed by atoms with Crippen LogP contribution in [0.15, 0.2) is 127 Å². The zero-order valence-corrected chi connectivity index (χ0v) is 58.3. The Bertz CT molecular complexity index is 3080. The number of allylic oxidation sites excluding steroid dienone is 3. The molecule has 5 aliphatic rings. The fourth-order valence-electron chi connectivity index (χ4n) is 15.4. The average molecular weight is 1330 g/mol. The predicted octanol–water partition coefficient (Wildman–Crippen LogP) is 7.48. The van der Waals surface area contributed by atoms with E-state index in [9.17, 15) is 38.4 Å². The lowest BCUT2D eigenvalue weighted by molar-refractivity contribution is -0.144. The van der Waals surface area contributed by atoms with Crippen LogP contribution in [0.25, 0.3) is 0 Å². The van der Waals surface area contributed by atoms with Crippen molar-refractivity contribution in [2.45, 2.75) is 223 Å². The monoisotopic (exact) mass is 1330 g/mol. The van der Waals surface area contributed by atoms with Crippen molar-refractivity contribution < 1.29 is 38.4 Å². The number of carbonyl (C=O) groups is 8. The molecule has 528 valence electrons. The summed E-state index contributed by atoms with van der Waals surface area (Å²) in [6.45, 7) is 13.1. The molecule has 4 heterocycles. The molecular weight excluding hydrogens is 1220 g/mol. The number of hydrogen-bond acceptors (Lipinski definition) is 12.